The predicted molar refractivity (Wildman–Crippen MR) is 32.0 cm³/mol. The normalized spacial score (nSPS) is 20.7. The van der Waals surface area contributed by atoms with Crippen molar-refractivity contribution in [3.8, 4) is 0 Å². The minimum atomic E-state index is 0.825. The third-order valence-corrected chi connectivity index (χ3v) is 3.14. The molecule has 0 aromatic rings. The Morgan fingerprint density at radius 1 is 1.17 bits per heavy atom. The molecule has 0 radical (unpaired) electrons. The Hall–Kier alpha value is 0.279. The fourth-order valence-corrected chi connectivity index (χ4v) is 1.81. The molecule has 0 unspecified atom stereocenters. The predicted octanol–water partition coefficient (Wildman–Crippen LogP) is 0.266. The first-order chi connectivity index (χ1) is 2.89. The molecule has 1 heteroatoms. The zero-order chi connectivity index (χ0) is 4.41. The van der Waals surface area contributed by atoms with Crippen molar-refractivity contribution in [2.75, 3.05) is 0 Å². The van der Waals surface area contributed by atoms with Crippen molar-refractivity contribution in [3.05, 3.63) is 24.3 Å². The summed E-state index contributed by atoms with van der Waals surface area (Å²) < 4.78 is 0.895. The summed E-state index contributed by atoms with van der Waals surface area (Å²) in [6.45, 7) is 0. The maximum absolute atomic E-state index is 2.26. The van der Waals surface area contributed by atoms with Crippen LogP contribution < -0.4 is 0 Å². The molecule has 1 aliphatic carbocycles. The molecule has 0 fully saturated rings. The first kappa shape index (κ1) is 4.44. The first-order valence-corrected chi connectivity index (χ1v) is 5.54. The molecule has 0 N–H and O–H groups in total. The molecule has 1 aliphatic rings. The van der Waals surface area contributed by atoms with E-state index >= 15 is 0 Å². The second-order valence-corrected chi connectivity index (χ2v) is 5.43. The van der Waals surface area contributed by atoms with Gasteiger partial charge in [0.1, 0.15) is 0 Å². The molecule has 32 valence electrons. The zero-order valence-corrected chi connectivity index (χ0v) is 9.59. The van der Waals surface area contributed by atoms with Crippen LogP contribution in [0, 0.1) is 0 Å². The Morgan fingerprint density at radius 3 is 1.83 bits per heavy atom. The van der Waals surface area contributed by atoms with Gasteiger partial charge in [-0.1, -0.05) is 0 Å². The molecule has 0 spiro atoms. The van der Waals surface area contributed by atoms with E-state index in [9.17, 15) is 0 Å². The summed E-state index contributed by atoms with van der Waals surface area (Å²) in [5, 5.41) is 0. The number of rotatable bonds is 0. The zero-order valence-electron chi connectivity index (χ0n) is 3.89. The van der Waals surface area contributed by atoms with Crippen molar-refractivity contribution in [1.82, 2.24) is 0 Å². The average Bonchev–Trinajstić information content (AvgIpc) is 1.86. The molecular weight excluding hydrogens is 179 g/mol. The summed E-state index contributed by atoms with van der Waals surface area (Å²) >= 11 is 0.825. The van der Waals surface area contributed by atoms with Crippen LogP contribution in [0.25, 0.3) is 0 Å². The minimum absolute atomic E-state index is 0.825. The van der Waals surface area contributed by atoms with Gasteiger partial charge in [-0.2, -0.15) is 0 Å². The van der Waals surface area contributed by atoms with Gasteiger partial charge >= 0.3 is 50.8 Å². The van der Waals surface area contributed by atoms with Crippen LogP contribution in [0.2, 0.25) is 3.93 Å². The number of hydrogen-bond donors (Lipinski definition) is 0. The van der Waals surface area contributed by atoms with Crippen LogP contribution in [0.3, 0.4) is 0 Å². The van der Waals surface area contributed by atoms with Gasteiger partial charge in [-0.25, -0.2) is 0 Å². The van der Waals surface area contributed by atoms with Gasteiger partial charge in [0.15, 0.2) is 0 Å². The molecule has 0 aliphatic heterocycles. The van der Waals surface area contributed by atoms with Crippen molar-refractivity contribution in [3.63, 3.8) is 0 Å². The van der Waals surface area contributed by atoms with E-state index in [4.69, 9.17) is 0 Å². The molecule has 0 heterocycles. The molecule has 6 heavy (non-hydrogen) atoms. The van der Waals surface area contributed by atoms with Gasteiger partial charge in [0.05, 0.1) is 0 Å². The van der Waals surface area contributed by atoms with Gasteiger partial charge in [-0.05, 0) is 0 Å². The molecule has 0 amide bonds. The van der Waals surface area contributed by atoms with Crippen LogP contribution >= 0.6 is 0 Å². The van der Waals surface area contributed by atoms with E-state index < -0.39 is 0 Å². The van der Waals surface area contributed by atoms with Crippen LogP contribution in [-0.4, -0.2) is 22.5 Å². The number of allylic oxidation sites excluding steroid dienone is 4. The van der Waals surface area contributed by atoms with Gasteiger partial charge in [0.2, 0.25) is 0 Å². The topological polar surface area (TPSA) is 0 Å². The van der Waals surface area contributed by atoms with Crippen molar-refractivity contribution in [2.24, 2.45) is 0 Å². The summed E-state index contributed by atoms with van der Waals surface area (Å²) in [6, 6.07) is 0. The van der Waals surface area contributed by atoms with E-state index in [0.717, 1.165) is 26.5 Å². The van der Waals surface area contributed by atoms with E-state index in [0.29, 0.717) is 0 Å². The van der Waals surface area contributed by atoms with E-state index in [1.807, 2.05) is 0 Å². The molecule has 0 aromatic carbocycles. The van der Waals surface area contributed by atoms with Crippen molar-refractivity contribution in [1.29, 1.82) is 0 Å². The second-order valence-electron chi connectivity index (χ2n) is 1.63. The van der Waals surface area contributed by atoms with Crippen LogP contribution in [0.5, 0.6) is 0 Å². The van der Waals surface area contributed by atoms with Crippen molar-refractivity contribution < 1.29 is 0 Å². The van der Waals surface area contributed by atoms with Gasteiger partial charge in [-0.15, -0.1) is 0 Å². The Morgan fingerprint density at radius 2 is 1.67 bits per heavy atom. The van der Waals surface area contributed by atoms with Gasteiger partial charge < -0.3 is 0 Å². The fourth-order valence-electron chi connectivity index (χ4n) is 0.543. The van der Waals surface area contributed by atoms with Crippen LogP contribution in [0.15, 0.2) is 24.3 Å². The molecule has 0 atom stereocenters. The molecule has 1 rings (SSSR count). The molecule has 0 bridgehead atoms. The quantitative estimate of drug-likeness (QED) is 0.477. The maximum atomic E-state index is 2.26. The Balaban J connectivity index is 2.60. The summed E-state index contributed by atoms with van der Waals surface area (Å²) in [6.07, 6.45) is 8.77. The third kappa shape index (κ3) is 0.868. The second kappa shape index (κ2) is 1.82. The molecule has 0 aromatic heterocycles. The van der Waals surface area contributed by atoms with Crippen LogP contribution in [-0.2, 0) is 0 Å². The monoisotopic (exact) mass is 188 g/mol. The Bertz CT molecular complexity index is 80.1. The SMILES string of the molecule is [SnH3][CH]1C=CC=C1. The van der Waals surface area contributed by atoms with Gasteiger partial charge in [0.25, 0.3) is 0 Å². The molecule has 0 saturated heterocycles. The van der Waals surface area contributed by atoms with E-state index in [2.05, 4.69) is 24.3 Å². The van der Waals surface area contributed by atoms with Gasteiger partial charge in [-0.3, -0.25) is 0 Å². The van der Waals surface area contributed by atoms with Crippen molar-refractivity contribution in [2.45, 2.75) is 3.93 Å². The summed E-state index contributed by atoms with van der Waals surface area (Å²) in [4.78, 5) is 0. The Kier molecular flexibility index (Phi) is 1.35. The Labute approximate surface area is 51.0 Å². The van der Waals surface area contributed by atoms with E-state index in [-0.39, 0.29) is 0 Å². The fraction of sp³-hybridized carbons (Fsp3) is 0.200. The molecule has 0 nitrogen and oxygen atoms in total. The summed E-state index contributed by atoms with van der Waals surface area (Å²) in [7, 11) is 0. The number of hydrogen-bond acceptors (Lipinski definition) is 0. The third-order valence-electron chi connectivity index (χ3n) is 0.940. The van der Waals surface area contributed by atoms with Crippen LogP contribution in [0.1, 0.15) is 0 Å². The summed E-state index contributed by atoms with van der Waals surface area (Å²) in [5.74, 6) is 0. The molecular formula is C5H8Sn. The summed E-state index contributed by atoms with van der Waals surface area (Å²) in [5.41, 5.74) is 0. The molecule has 0 saturated carbocycles. The van der Waals surface area contributed by atoms with E-state index in [1.165, 1.54) is 0 Å². The average molecular weight is 187 g/mol. The van der Waals surface area contributed by atoms with Crippen LogP contribution in [0.4, 0.5) is 0 Å². The van der Waals surface area contributed by atoms with E-state index in [1.54, 1.807) is 0 Å². The first-order valence-electron chi connectivity index (χ1n) is 2.24. The van der Waals surface area contributed by atoms with Crippen molar-refractivity contribution >= 4 is 22.5 Å². The van der Waals surface area contributed by atoms with Gasteiger partial charge in [0, 0.05) is 0 Å². The standard InChI is InChI=1S/C5H5.Sn.3H/c1-2-4-5-3-1;;;;/h1-5H;;;;.